The second-order valence-electron chi connectivity index (χ2n) is 14.2. The van der Waals surface area contributed by atoms with E-state index in [1.807, 2.05) is 70.2 Å². The van der Waals surface area contributed by atoms with Crippen molar-refractivity contribution in [2.24, 2.45) is 17.8 Å². The van der Waals surface area contributed by atoms with E-state index in [4.69, 9.17) is 0 Å². The van der Waals surface area contributed by atoms with Crippen molar-refractivity contribution in [1.82, 2.24) is 10.2 Å². The van der Waals surface area contributed by atoms with E-state index in [9.17, 15) is 18.0 Å². The normalized spacial score (nSPS) is 25.6. The molecule has 228 valence electrons. The highest BCUT2D eigenvalue weighted by molar-refractivity contribution is 7.92. The maximum atomic E-state index is 14.0. The van der Waals surface area contributed by atoms with E-state index in [0.717, 1.165) is 29.6 Å². The highest BCUT2D eigenvalue weighted by atomic mass is 32.2. The van der Waals surface area contributed by atoms with Gasteiger partial charge in [0.1, 0.15) is 12.6 Å². The van der Waals surface area contributed by atoms with Gasteiger partial charge in [-0.15, -0.1) is 0 Å². The fraction of sp³-hybridized carbons (Fsp3) is 0.588. The van der Waals surface area contributed by atoms with E-state index >= 15 is 0 Å². The van der Waals surface area contributed by atoms with Crippen LogP contribution in [0.5, 0.6) is 0 Å². The summed E-state index contributed by atoms with van der Waals surface area (Å²) in [7, 11) is -3.77. The third-order valence-corrected chi connectivity index (χ3v) is 10.7. The van der Waals surface area contributed by atoms with Crippen LogP contribution in [-0.2, 0) is 31.6 Å². The van der Waals surface area contributed by atoms with Crippen molar-refractivity contribution in [3.8, 4) is 0 Å². The van der Waals surface area contributed by atoms with Gasteiger partial charge in [0, 0.05) is 12.1 Å². The quantitative estimate of drug-likeness (QED) is 0.386. The Morgan fingerprint density at radius 2 is 1.48 bits per heavy atom. The molecule has 2 aromatic carbocycles. The SMILES string of the molecule is CC[C@@H](C(=O)NC(C)(C)C)N(Cc1ccccc1)C(=O)CN(c1ccc(C23CC4CC(CC(C4)C2)C3)cc1)S(C)(=O)=O. The van der Waals surface area contributed by atoms with Gasteiger partial charge in [-0.05, 0) is 112 Å². The maximum absolute atomic E-state index is 14.0. The Labute approximate surface area is 252 Å². The number of rotatable bonds is 10. The summed E-state index contributed by atoms with van der Waals surface area (Å²) in [5, 5.41) is 3.00. The van der Waals surface area contributed by atoms with Gasteiger partial charge >= 0.3 is 0 Å². The second-order valence-corrected chi connectivity index (χ2v) is 16.1. The number of hydrogen-bond acceptors (Lipinski definition) is 4. The molecule has 6 rings (SSSR count). The van der Waals surface area contributed by atoms with Crippen LogP contribution in [0, 0.1) is 17.8 Å². The van der Waals surface area contributed by atoms with E-state index in [-0.39, 0.29) is 24.4 Å². The number of hydrogen-bond donors (Lipinski definition) is 1. The predicted molar refractivity (Wildman–Crippen MR) is 167 cm³/mol. The summed E-state index contributed by atoms with van der Waals surface area (Å²) in [5.74, 6) is 1.79. The molecule has 0 unspecified atom stereocenters. The minimum atomic E-state index is -3.77. The van der Waals surface area contributed by atoms with Crippen LogP contribution in [0.3, 0.4) is 0 Å². The maximum Gasteiger partial charge on any atom is 0.244 e. The number of sulfonamides is 1. The van der Waals surface area contributed by atoms with Crippen LogP contribution in [0.4, 0.5) is 5.69 Å². The first-order valence-corrected chi connectivity index (χ1v) is 17.3. The van der Waals surface area contributed by atoms with Gasteiger partial charge in [-0.25, -0.2) is 8.42 Å². The van der Waals surface area contributed by atoms with Crippen LogP contribution in [0.2, 0.25) is 0 Å². The molecule has 0 heterocycles. The molecule has 4 aliphatic carbocycles. The Morgan fingerprint density at radius 1 is 0.929 bits per heavy atom. The Hall–Kier alpha value is -2.87. The number of nitrogens with zero attached hydrogens (tertiary/aromatic N) is 2. The number of benzene rings is 2. The Bertz CT molecular complexity index is 1350. The summed E-state index contributed by atoms with van der Waals surface area (Å²) in [4.78, 5) is 28.9. The standard InChI is InChI=1S/C34H47N3O4S/c1-6-30(32(39)35-33(2,3)4)36(22-24-10-8-7-9-11-24)31(38)23-37(42(5,40)41)29-14-12-28(13-15-29)34-19-25-16-26(20-34)18-27(17-25)21-34/h7-15,25-27,30H,6,16-23H2,1-5H3,(H,35,39)/t25?,26?,27?,30-,34?/m0/s1. The molecule has 2 amide bonds. The number of nitrogens with one attached hydrogen (secondary N) is 1. The van der Waals surface area contributed by atoms with Gasteiger partial charge in [-0.1, -0.05) is 49.4 Å². The lowest BCUT2D eigenvalue weighted by Gasteiger charge is -2.57. The number of amides is 2. The summed E-state index contributed by atoms with van der Waals surface area (Å²) in [5.41, 5.74) is 2.40. The summed E-state index contributed by atoms with van der Waals surface area (Å²) >= 11 is 0. The molecule has 4 aliphatic rings. The van der Waals surface area contributed by atoms with Crippen LogP contribution in [-0.4, -0.2) is 49.5 Å². The molecule has 0 spiro atoms. The summed E-state index contributed by atoms with van der Waals surface area (Å²) < 4.78 is 27.4. The second kappa shape index (κ2) is 11.7. The Morgan fingerprint density at radius 3 is 1.95 bits per heavy atom. The van der Waals surface area contributed by atoms with Crippen LogP contribution in [0.15, 0.2) is 54.6 Å². The van der Waals surface area contributed by atoms with Crippen molar-refractivity contribution in [3.63, 3.8) is 0 Å². The van der Waals surface area contributed by atoms with Crippen molar-refractivity contribution in [3.05, 3.63) is 65.7 Å². The van der Waals surface area contributed by atoms with Crippen molar-refractivity contribution in [2.75, 3.05) is 17.1 Å². The molecule has 2 aromatic rings. The van der Waals surface area contributed by atoms with E-state index in [1.54, 1.807) is 0 Å². The monoisotopic (exact) mass is 593 g/mol. The Balaban J connectivity index is 1.40. The van der Waals surface area contributed by atoms with E-state index in [0.29, 0.717) is 12.1 Å². The average molecular weight is 594 g/mol. The zero-order valence-electron chi connectivity index (χ0n) is 25.8. The lowest BCUT2D eigenvalue weighted by atomic mass is 9.48. The van der Waals surface area contributed by atoms with Crippen LogP contribution in [0.1, 0.15) is 83.8 Å². The van der Waals surface area contributed by atoms with Crippen LogP contribution >= 0.6 is 0 Å². The number of carbonyl (C=O) groups excluding carboxylic acids is 2. The topological polar surface area (TPSA) is 86.8 Å². The highest BCUT2D eigenvalue weighted by Gasteiger charge is 2.51. The first kappa shape index (κ1) is 30.6. The lowest BCUT2D eigenvalue weighted by molar-refractivity contribution is -0.141. The molecule has 4 bridgehead atoms. The molecular weight excluding hydrogens is 546 g/mol. The smallest absolute Gasteiger partial charge is 0.244 e. The zero-order chi connectivity index (χ0) is 30.3. The summed E-state index contributed by atoms with van der Waals surface area (Å²) in [6.07, 6.45) is 9.34. The molecule has 8 heteroatoms. The third kappa shape index (κ3) is 6.69. The van der Waals surface area contributed by atoms with Crippen LogP contribution in [0.25, 0.3) is 0 Å². The van der Waals surface area contributed by atoms with Gasteiger partial charge in [0.2, 0.25) is 21.8 Å². The molecule has 4 fully saturated rings. The molecular formula is C34H47N3O4S. The lowest BCUT2D eigenvalue weighted by Crippen LogP contribution is -2.55. The third-order valence-electron chi connectivity index (χ3n) is 9.56. The van der Waals surface area contributed by atoms with Crippen molar-refractivity contribution >= 4 is 27.5 Å². The fourth-order valence-corrected chi connectivity index (χ4v) is 9.06. The number of anilines is 1. The fourth-order valence-electron chi connectivity index (χ4n) is 8.21. The predicted octanol–water partition coefficient (Wildman–Crippen LogP) is 5.64. The Kier molecular flexibility index (Phi) is 8.49. The van der Waals surface area contributed by atoms with Gasteiger partial charge < -0.3 is 10.2 Å². The highest BCUT2D eigenvalue weighted by Crippen LogP contribution is 2.60. The largest absolute Gasteiger partial charge is 0.350 e. The average Bonchev–Trinajstić information content (AvgIpc) is 2.90. The van der Waals surface area contributed by atoms with Gasteiger partial charge in [-0.2, -0.15) is 0 Å². The molecule has 4 saturated carbocycles. The van der Waals surface area contributed by atoms with E-state index in [1.165, 1.54) is 53.3 Å². The minimum Gasteiger partial charge on any atom is -0.350 e. The molecule has 0 saturated heterocycles. The molecule has 1 N–H and O–H groups in total. The van der Waals surface area contributed by atoms with Crippen molar-refractivity contribution in [1.29, 1.82) is 0 Å². The van der Waals surface area contributed by atoms with Gasteiger partial charge in [0.05, 0.1) is 11.9 Å². The first-order valence-electron chi connectivity index (χ1n) is 15.5. The molecule has 0 aromatic heterocycles. The molecule has 0 radical (unpaired) electrons. The summed E-state index contributed by atoms with van der Waals surface area (Å²) in [6.45, 7) is 7.41. The van der Waals surface area contributed by atoms with E-state index in [2.05, 4.69) is 17.4 Å². The summed E-state index contributed by atoms with van der Waals surface area (Å²) in [6, 6.07) is 16.7. The van der Waals surface area contributed by atoms with Crippen molar-refractivity contribution in [2.45, 2.75) is 96.2 Å². The van der Waals surface area contributed by atoms with Gasteiger partial charge in [0.15, 0.2) is 0 Å². The molecule has 7 nitrogen and oxygen atoms in total. The minimum absolute atomic E-state index is 0.207. The van der Waals surface area contributed by atoms with E-state index < -0.39 is 27.5 Å². The van der Waals surface area contributed by atoms with Gasteiger partial charge in [0.25, 0.3) is 0 Å². The number of carbonyl (C=O) groups is 2. The first-order chi connectivity index (χ1) is 19.8. The van der Waals surface area contributed by atoms with Crippen molar-refractivity contribution < 1.29 is 18.0 Å². The van der Waals surface area contributed by atoms with Gasteiger partial charge in [-0.3, -0.25) is 13.9 Å². The molecule has 0 aliphatic heterocycles. The molecule has 42 heavy (non-hydrogen) atoms. The zero-order valence-corrected chi connectivity index (χ0v) is 26.6. The van der Waals surface area contributed by atoms with Crippen LogP contribution < -0.4 is 9.62 Å². The molecule has 1 atom stereocenters.